The fourth-order valence-corrected chi connectivity index (χ4v) is 4.01. The molecule has 9 nitrogen and oxygen atoms in total. The van der Waals surface area contributed by atoms with E-state index < -0.39 is 15.9 Å². The van der Waals surface area contributed by atoms with E-state index in [1.807, 2.05) is 0 Å². The molecule has 1 heterocycles. The highest BCUT2D eigenvalue weighted by molar-refractivity contribution is 7.92. The molecule has 10 heteroatoms. The Hall–Kier alpha value is -3.40. The van der Waals surface area contributed by atoms with Crippen molar-refractivity contribution in [1.29, 1.82) is 0 Å². The van der Waals surface area contributed by atoms with Gasteiger partial charge in [-0.1, -0.05) is 6.07 Å². The molecular weight excluding hydrogens is 396 g/mol. The molecule has 0 unspecified atom stereocenters. The quantitative estimate of drug-likeness (QED) is 0.664. The first kappa shape index (κ1) is 20.3. The van der Waals surface area contributed by atoms with Gasteiger partial charge < -0.3 is 10.1 Å². The number of ether oxygens (including phenoxy) is 1. The maximum atomic E-state index is 12.8. The van der Waals surface area contributed by atoms with Gasteiger partial charge in [0.15, 0.2) is 0 Å². The second kappa shape index (κ2) is 8.31. The van der Waals surface area contributed by atoms with E-state index in [4.69, 9.17) is 4.74 Å². The van der Waals surface area contributed by atoms with Crippen LogP contribution in [0.2, 0.25) is 0 Å². The summed E-state index contributed by atoms with van der Waals surface area (Å²) < 4.78 is 33.2. The van der Waals surface area contributed by atoms with Crippen LogP contribution in [0.15, 0.2) is 52.5 Å². The normalized spacial score (nSPS) is 13.9. The van der Waals surface area contributed by atoms with Crippen molar-refractivity contribution in [3.8, 4) is 5.75 Å². The largest absolute Gasteiger partial charge is 0.497 e. The number of benzene rings is 2. The summed E-state index contributed by atoms with van der Waals surface area (Å²) in [7, 11) is -2.36. The van der Waals surface area contributed by atoms with Gasteiger partial charge in [-0.3, -0.25) is 14.3 Å². The van der Waals surface area contributed by atoms with Gasteiger partial charge in [0.05, 0.1) is 12.0 Å². The lowest BCUT2D eigenvalue weighted by Gasteiger charge is -2.14. The Morgan fingerprint density at radius 1 is 1.10 bits per heavy atom. The summed E-state index contributed by atoms with van der Waals surface area (Å²) in [6.45, 7) is 1.66. The number of hydrogen-bond acceptors (Lipinski definition) is 6. The molecule has 0 aromatic heterocycles. The van der Waals surface area contributed by atoms with Gasteiger partial charge in [-0.15, -0.1) is 0 Å². The SMILES string of the molecule is COc1ccc(NS(=O)(=O)c2cc(NC(=O)C3=NNC(=O)CC3)ccc2C)cc1. The number of hydrazone groups is 1. The summed E-state index contributed by atoms with van der Waals surface area (Å²) in [5.74, 6) is -0.147. The highest BCUT2D eigenvalue weighted by Crippen LogP contribution is 2.24. The summed E-state index contributed by atoms with van der Waals surface area (Å²) in [4.78, 5) is 23.5. The fourth-order valence-electron chi connectivity index (χ4n) is 2.68. The summed E-state index contributed by atoms with van der Waals surface area (Å²) in [5, 5.41) is 6.34. The number of hydrogen-bond donors (Lipinski definition) is 3. The van der Waals surface area contributed by atoms with E-state index >= 15 is 0 Å². The third kappa shape index (κ3) is 4.91. The van der Waals surface area contributed by atoms with Crippen molar-refractivity contribution < 1.29 is 22.7 Å². The third-order valence-electron chi connectivity index (χ3n) is 4.24. The van der Waals surface area contributed by atoms with Gasteiger partial charge in [-0.2, -0.15) is 5.10 Å². The summed E-state index contributed by atoms with van der Waals surface area (Å²) in [6, 6.07) is 11.0. The van der Waals surface area contributed by atoms with Crippen LogP contribution in [0.4, 0.5) is 11.4 Å². The van der Waals surface area contributed by atoms with Gasteiger partial charge >= 0.3 is 0 Å². The molecule has 0 aliphatic carbocycles. The van der Waals surface area contributed by atoms with Crippen molar-refractivity contribution in [2.45, 2.75) is 24.7 Å². The van der Waals surface area contributed by atoms with Crippen LogP contribution in [0.25, 0.3) is 0 Å². The Balaban J connectivity index is 1.80. The molecule has 0 atom stereocenters. The lowest BCUT2D eigenvalue weighted by molar-refractivity contribution is -0.121. The van der Waals surface area contributed by atoms with Crippen LogP contribution in [0, 0.1) is 6.92 Å². The lowest BCUT2D eigenvalue weighted by atomic mass is 10.1. The first-order valence-electron chi connectivity index (χ1n) is 8.73. The zero-order valence-electron chi connectivity index (χ0n) is 15.9. The van der Waals surface area contributed by atoms with Gasteiger partial charge in [-0.25, -0.2) is 13.8 Å². The fraction of sp³-hybridized carbons (Fsp3) is 0.211. The monoisotopic (exact) mass is 416 g/mol. The van der Waals surface area contributed by atoms with Crippen molar-refractivity contribution >= 4 is 38.9 Å². The highest BCUT2D eigenvalue weighted by Gasteiger charge is 2.21. The number of anilines is 2. The number of carbonyl (C=O) groups is 2. The third-order valence-corrected chi connectivity index (χ3v) is 5.77. The molecule has 0 saturated heterocycles. The van der Waals surface area contributed by atoms with Gasteiger partial charge in [0.2, 0.25) is 5.91 Å². The van der Waals surface area contributed by atoms with Gasteiger partial charge in [-0.05, 0) is 48.9 Å². The first-order chi connectivity index (χ1) is 13.8. The lowest BCUT2D eigenvalue weighted by Crippen LogP contribution is -2.32. The number of aryl methyl sites for hydroxylation is 1. The van der Waals surface area contributed by atoms with Crippen molar-refractivity contribution in [3.05, 3.63) is 48.0 Å². The van der Waals surface area contributed by atoms with Crippen LogP contribution in [0.3, 0.4) is 0 Å². The Bertz CT molecular complexity index is 1080. The second-order valence-corrected chi connectivity index (χ2v) is 8.01. The van der Waals surface area contributed by atoms with E-state index in [0.717, 1.165) is 0 Å². The zero-order valence-corrected chi connectivity index (χ0v) is 16.7. The van der Waals surface area contributed by atoms with E-state index in [-0.39, 0.29) is 29.4 Å². The van der Waals surface area contributed by atoms with Crippen molar-refractivity contribution in [1.82, 2.24) is 5.43 Å². The first-order valence-corrected chi connectivity index (χ1v) is 10.2. The number of rotatable bonds is 6. The zero-order chi connectivity index (χ0) is 21.0. The molecule has 0 radical (unpaired) electrons. The molecule has 0 fully saturated rings. The van der Waals surface area contributed by atoms with Gasteiger partial charge in [0, 0.05) is 24.2 Å². The Kier molecular flexibility index (Phi) is 5.83. The molecule has 152 valence electrons. The van der Waals surface area contributed by atoms with Crippen LogP contribution in [-0.4, -0.2) is 33.1 Å². The topological polar surface area (TPSA) is 126 Å². The smallest absolute Gasteiger partial charge is 0.271 e. The van der Waals surface area contributed by atoms with Gasteiger partial charge in [0.25, 0.3) is 15.9 Å². The predicted octanol–water partition coefficient (Wildman–Crippen LogP) is 2.01. The van der Waals surface area contributed by atoms with Crippen LogP contribution >= 0.6 is 0 Å². The Labute approximate surface area is 168 Å². The molecule has 0 saturated carbocycles. The molecule has 0 spiro atoms. The van der Waals surface area contributed by atoms with E-state index in [0.29, 0.717) is 22.7 Å². The minimum absolute atomic E-state index is 0.0324. The molecule has 2 amide bonds. The maximum Gasteiger partial charge on any atom is 0.271 e. The molecule has 0 bridgehead atoms. The van der Waals surface area contributed by atoms with Crippen molar-refractivity contribution in [3.63, 3.8) is 0 Å². The molecule has 3 N–H and O–H groups in total. The molecule has 2 aromatic carbocycles. The van der Waals surface area contributed by atoms with E-state index in [1.54, 1.807) is 43.3 Å². The molecule has 1 aliphatic rings. The highest BCUT2D eigenvalue weighted by atomic mass is 32.2. The molecule has 29 heavy (non-hydrogen) atoms. The molecule has 3 rings (SSSR count). The predicted molar refractivity (Wildman–Crippen MR) is 108 cm³/mol. The summed E-state index contributed by atoms with van der Waals surface area (Å²) >= 11 is 0. The number of sulfonamides is 1. The number of carbonyl (C=O) groups excluding carboxylic acids is 2. The van der Waals surface area contributed by atoms with Crippen LogP contribution < -0.4 is 20.2 Å². The average molecular weight is 416 g/mol. The van der Waals surface area contributed by atoms with Gasteiger partial charge in [0.1, 0.15) is 11.5 Å². The minimum atomic E-state index is -3.88. The standard InChI is InChI=1S/C19H20N4O5S/c1-12-3-4-14(20-19(25)16-9-10-18(24)22-21-16)11-17(12)29(26,27)23-13-5-7-15(28-2)8-6-13/h3-8,11,23H,9-10H2,1-2H3,(H,20,25)(H,22,24). The summed E-state index contributed by atoms with van der Waals surface area (Å²) in [6.07, 6.45) is 0.388. The van der Waals surface area contributed by atoms with E-state index in [2.05, 4.69) is 20.6 Å². The Morgan fingerprint density at radius 3 is 2.41 bits per heavy atom. The number of nitrogens with zero attached hydrogens (tertiary/aromatic N) is 1. The molecular formula is C19H20N4O5S. The maximum absolute atomic E-state index is 12.8. The van der Waals surface area contributed by atoms with Crippen LogP contribution in [-0.2, 0) is 19.6 Å². The number of amides is 2. The van der Waals surface area contributed by atoms with Crippen LogP contribution in [0.1, 0.15) is 18.4 Å². The molecule has 2 aromatic rings. The van der Waals surface area contributed by atoms with E-state index in [1.165, 1.54) is 13.2 Å². The number of nitrogens with one attached hydrogen (secondary N) is 3. The van der Waals surface area contributed by atoms with E-state index in [9.17, 15) is 18.0 Å². The minimum Gasteiger partial charge on any atom is -0.497 e. The Morgan fingerprint density at radius 2 is 1.79 bits per heavy atom. The average Bonchev–Trinajstić information content (AvgIpc) is 2.70. The summed E-state index contributed by atoms with van der Waals surface area (Å²) in [5.41, 5.74) is 3.63. The second-order valence-electron chi connectivity index (χ2n) is 6.36. The number of methoxy groups -OCH3 is 1. The van der Waals surface area contributed by atoms with Crippen molar-refractivity contribution in [2.24, 2.45) is 5.10 Å². The molecule has 1 aliphatic heterocycles. The van der Waals surface area contributed by atoms with Crippen molar-refractivity contribution in [2.75, 3.05) is 17.1 Å². The van der Waals surface area contributed by atoms with Crippen LogP contribution in [0.5, 0.6) is 5.75 Å².